The molecule has 26 heavy (non-hydrogen) atoms. The number of ether oxygens (including phenoxy) is 1. The zero-order valence-corrected chi connectivity index (χ0v) is 14.5. The summed E-state index contributed by atoms with van der Waals surface area (Å²) < 4.78 is 19.0. The first-order chi connectivity index (χ1) is 12.5. The Morgan fingerprint density at radius 3 is 2.96 bits per heavy atom. The summed E-state index contributed by atoms with van der Waals surface area (Å²) in [5.74, 6) is -0.763. The Labute approximate surface area is 151 Å². The fourth-order valence-corrected chi connectivity index (χ4v) is 2.97. The number of anilines is 1. The van der Waals surface area contributed by atoms with Crippen LogP contribution in [0.15, 0.2) is 42.5 Å². The van der Waals surface area contributed by atoms with Crippen LogP contribution in [0.2, 0.25) is 0 Å². The summed E-state index contributed by atoms with van der Waals surface area (Å²) >= 11 is 0. The van der Waals surface area contributed by atoms with Gasteiger partial charge in [-0.25, -0.2) is 4.39 Å². The molecule has 2 N–H and O–H groups in total. The summed E-state index contributed by atoms with van der Waals surface area (Å²) in [5.41, 5.74) is 2.13. The van der Waals surface area contributed by atoms with Gasteiger partial charge in [0.15, 0.2) is 0 Å². The Balaban J connectivity index is 1.50. The molecule has 2 aromatic rings. The fourth-order valence-electron chi connectivity index (χ4n) is 2.97. The van der Waals surface area contributed by atoms with Crippen molar-refractivity contribution in [2.45, 2.75) is 25.7 Å². The minimum absolute atomic E-state index is 0.0598. The predicted molar refractivity (Wildman–Crippen MR) is 96.7 cm³/mol. The Bertz CT molecular complexity index is 822. The second-order valence-corrected chi connectivity index (χ2v) is 6.35. The van der Waals surface area contributed by atoms with E-state index in [1.54, 1.807) is 6.07 Å². The monoisotopic (exact) mass is 356 g/mol. The lowest BCUT2D eigenvalue weighted by Gasteiger charge is -2.24. The number of hydrogen-bond donors (Lipinski definition) is 2. The number of nitrogens with one attached hydrogen (secondary N) is 2. The number of carbonyl (C=O) groups is 2. The maximum absolute atomic E-state index is 13.3. The van der Waals surface area contributed by atoms with Crippen molar-refractivity contribution in [3.8, 4) is 5.75 Å². The molecule has 1 atom stereocenters. The normalized spacial score (nSPS) is 15.8. The van der Waals surface area contributed by atoms with Crippen molar-refractivity contribution in [1.82, 2.24) is 5.32 Å². The summed E-state index contributed by atoms with van der Waals surface area (Å²) in [7, 11) is 0. The Morgan fingerprint density at radius 2 is 2.15 bits per heavy atom. The van der Waals surface area contributed by atoms with Crippen molar-refractivity contribution < 1.29 is 18.7 Å². The molecule has 1 aliphatic heterocycles. The smallest absolute Gasteiger partial charge is 0.228 e. The van der Waals surface area contributed by atoms with Gasteiger partial charge in [-0.3, -0.25) is 9.59 Å². The van der Waals surface area contributed by atoms with E-state index in [9.17, 15) is 14.0 Å². The summed E-state index contributed by atoms with van der Waals surface area (Å²) in [6, 6.07) is 11.9. The van der Waals surface area contributed by atoms with Crippen LogP contribution in [0.25, 0.3) is 0 Å². The molecule has 3 rings (SSSR count). The van der Waals surface area contributed by atoms with Gasteiger partial charge in [-0.1, -0.05) is 18.2 Å². The SMILES string of the molecule is Cc1cccc(OCCCNC(=O)C2CC(=O)Nc3cc(F)ccc32)c1. The van der Waals surface area contributed by atoms with E-state index in [1.807, 2.05) is 31.2 Å². The molecule has 0 aliphatic carbocycles. The lowest BCUT2D eigenvalue weighted by atomic mass is 9.89. The highest BCUT2D eigenvalue weighted by atomic mass is 19.1. The van der Waals surface area contributed by atoms with Crippen LogP contribution in [0, 0.1) is 12.7 Å². The standard InChI is InChI=1S/C20H21FN2O3/c1-13-4-2-5-15(10-13)26-9-3-8-22-20(25)17-12-19(24)23-18-11-14(21)6-7-16(17)18/h2,4-7,10-11,17H,3,8-9,12H2,1H3,(H,22,25)(H,23,24). The molecule has 5 nitrogen and oxygen atoms in total. The van der Waals surface area contributed by atoms with Gasteiger partial charge in [0.25, 0.3) is 0 Å². The number of halogens is 1. The van der Waals surface area contributed by atoms with Gasteiger partial charge >= 0.3 is 0 Å². The summed E-state index contributed by atoms with van der Waals surface area (Å²) in [5, 5.41) is 5.44. The molecule has 0 saturated carbocycles. The Kier molecular flexibility index (Phi) is 5.51. The van der Waals surface area contributed by atoms with Crippen molar-refractivity contribution in [3.63, 3.8) is 0 Å². The van der Waals surface area contributed by atoms with Crippen molar-refractivity contribution >= 4 is 17.5 Å². The summed E-state index contributed by atoms with van der Waals surface area (Å²) in [6.07, 6.45) is 0.707. The molecule has 1 unspecified atom stereocenters. The minimum atomic E-state index is -0.600. The van der Waals surface area contributed by atoms with E-state index in [-0.39, 0.29) is 18.2 Å². The van der Waals surface area contributed by atoms with Gasteiger partial charge < -0.3 is 15.4 Å². The maximum atomic E-state index is 13.3. The van der Waals surface area contributed by atoms with Gasteiger partial charge in [-0.05, 0) is 48.7 Å². The van der Waals surface area contributed by atoms with Gasteiger partial charge in [-0.2, -0.15) is 0 Å². The number of aryl methyl sites for hydroxylation is 1. The molecule has 6 heteroatoms. The zero-order valence-electron chi connectivity index (χ0n) is 14.5. The number of benzene rings is 2. The highest BCUT2D eigenvalue weighted by Gasteiger charge is 2.30. The number of carbonyl (C=O) groups excluding carboxylic acids is 2. The van der Waals surface area contributed by atoms with Gasteiger partial charge in [0.2, 0.25) is 11.8 Å². The molecule has 1 heterocycles. The van der Waals surface area contributed by atoms with Crippen molar-refractivity contribution in [1.29, 1.82) is 0 Å². The predicted octanol–water partition coefficient (Wildman–Crippen LogP) is 3.15. The van der Waals surface area contributed by atoms with Crippen LogP contribution in [0.1, 0.15) is 29.9 Å². The number of amides is 2. The second kappa shape index (κ2) is 7.99. The average molecular weight is 356 g/mol. The lowest BCUT2D eigenvalue weighted by molar-refractivity contribution is -0.126. The quantitative estimate of drug-likeness (QED) is 0.782. The van der Waals surface area contributed by atoms with Crippen LogP contribution in [0.5, 0.6) is 5.75 Å². The van der Waals surface area contributed by atoms with Gasteiger partial charge in [0.05, 0.1) is 12.5 Å². The highest BCUT2D eigenvalue weighted by molar-refractivity contribution is 6.01. The third-order valence-corrected chi connectivity index (χ3v) is 4.25. The molecule has 0 fully saturated rings. The third-order valence-electron chi connectivity index (χ3n) is 4.25. The van der Waals surface area contributed by atoms with E-state index in [2.05, 4.69) is 10.6 Å². The molecule has 0 saturated heterocycles. The van der Waals surface area contributed by atoms with Crippen molar-refractivity contribution in [3.05, 3.63) is 59.4 Å². The van der Waals surface area contributed by atoms with Crippen LogP contribution < -0.4 is 15.4 Å². The minimum Gasteiger partial charge on any atom is -0.494 e. The molecule has 0 aromatic heterocycles. The largest absolute Gasteiger partial charge is 0.494 e. The molecule has 0 bridgehead atoms. The van der Waals surface area contributed by atoms with Crippen LogP contribution in [-0.4, -0.2) is 25.0 Å². The van der Waals surface area contributed by atoms with Crippen LogP contribution in [0.3, 0.4) is 0 Å². The molecular weight excluding hydrogens is 335 g/mol. The Hall–Kier alpha value is -2.89. The topological polar surface area (TPSA) is 67.4 Å². The van der Waals surface area contributed by atoms with Crippen molar-refractivity contribution in [2.24, 2.45) is 0 Å². The molecule has 136 valence electrons. The zero-order chi connectivity index (χ0) is 18.5. The maximum Gasteiger partial charge on any atom is 0.228 e. The molecular formula is C20H21FN2O3. The van der Waals surface area contributed by atoms with Gasteiger partial charge in [-0.15, -0.1) is 0 Å². The van der Waals surface area contributed by atoms with Gasteiger partial charge in [0, 0.05) is 18.7 Å². The van der Waals surface area contributed by atoms with E-state index in [0.29, 0.717) is 30.8 Å². The molecule has 0 spiro atoms. The molecule has 1 aliphatic rings. The van der Waals surface area contributed by atoms with Crippen LogP contribution >= 0.6 is 0 Å². The number of hydrogen-bond acceptors (Lipinski definition) is 3. The molecule has 0 radical (unpaired) electrons. The first kappa shape index (κ1) is 17.9. The fraction of sp³-hybridized carbons (Fsp3) is 0.300. The first-order valence-electron chi connectivity index (χ1n) is 8.59. The van der Waals surface area contributed by atoms with E-state index >= 15 is 0 Å². The van der Waals surface area contributed by atoms with E-state index < -0.39 is 11.7 Å². The van der Waals surface area contributed by atoms with Gasteiger partial charge in [0.1, 0.15) is 11.6 Å². The molecule has 2 amide bonds. The van der Waals surface area contributed by atoms with E-state index in [1.165, 1.54) is 12.1 Å². The second-order valence-electron chi connectivity index (χ2n) is 6.35. The average Bonchev–Trinajstić information content (AvgIpc) is 2.60. The van der Waals surface area contributed by atoms with Crippen LogP contribution in [0.4, 0.5) is 10.1 Å². The summed E-state index contributed by atoms with van der Waals surface area (Å²) in [4.78, 5) is 24.2. The number of fused-ring (bicyclic) bond motifs is 1. The first-order valence-corrected chi connectivity index (χ1v) is 8.59. The van der Waals surface area contributed by atoms with E-state index in [4.69, 9.17) is 4.74 Å². The third kappa shape index (κ3) is 4.39. The lowest BCUT2D eigenvalue weighted by Crippen LogP contribution is -2.35. The Morgan fingerprint density at radius 1 is 1.31 bits per heavy atom. The summed E-state index contributed by atoms with van der Waals surface area (Å²) in [6.45, 7) is 2.92. The molecule has 2 aromatic carbocycles. The number of rotatable bonds is 6. The highest BCUT2D eigenvalue weighted by Crippen LogP contribution is 2.32. The van der Waals surface area contributed by atoms with Crippen molar-refractivity contribution in [2.75, 3.05) is 18.5 Å². The van der Waals surface area contributed by atoms with Crippen LogP contribution in [-0.2, 0) is 9.59 Å². The van der Waals surface area contributed by atoms with E-state index in [0.717, 1.165) is 11.3 Å².